The van der Waals surface area contributed by atoms with Crippen molar-refractivity contribution < 1.29 is 35.9 Å². The van der Waals surface area contributed by atoms with Crippen LogP contribution < -0.4 is 4.74 Å². The molecule has 1 fully saturated rings. The molecule has 2 aromatic rings. The van der Waals surface area contributed by atoms with Crippen molar-refractivity contribution in [2.45, 2.75) is 55.2 Å². The number of halogens is 4. The van der Waals surface area contributed by atoms with Crippen LogP contribution in [0.25, 0.3) is 0 Å². The monoisotopic (exact) mass is 532 g/mol. The highest BCUT2D eigenvalue weighted by molar-refractivity contribution is 7.91. The Morgan fingerprint density at radius 3 is 2.34 bits per heavy atom. The first kappa shape index (κ1) is 27.1. The van der Waals surface area contributed by atoms with E-state index in [1.165, 1.54) is 18.2 Å². The summed E-state index contributed by atoms with van der Waals surface area (Å²) >= 11 is 6.00. The third kappa shape index (κ3) is 6.61. The van der Waals surface area contributed by atoms with Crippen LogP contribution in [0.4, 0.5) is 18.0 Å². The lowest BCUT2D eigenvalue weighted by Crippen LogP contribution is -2.42. The van der Waals surface area contributed by atoms with Crippen molar-refractivity contribution in [1.82, 2.24) is 4.90 Å². The van der Waals surface area contributed by atoms with Gasteiger partial charge in [0.1, 0.15) is 16.2 Å². The van der Waals surface area contributed by atoms with E-state index in [1.807, 2.05) is 0 Å². The number of hydrogen-bond donors (Lipinski definition) is 0. The summed E-state index contributed by atoms with van der Waals surface area (Å²) < 4.78 is 78.9. The van der Waals surface area contributed by atoms with Gasteiger partial charge in [-0.15, -0.1) is 0 Å². The van der Waals surface area contributed by atoms with Crippen LogP contribution in [0.15, 0.2) is 46.2 Å². The van der Waals surface area contributed by atoms with Crippen LogP contribution in [0, 0.1) is 12.0 Å². The van der Waals surface area contributed by atoms with Gasteiger partial charge in [0.25, 0.3) is 0 Å². The van der Waals surface area contributed by atoms with E-state index in [4.69, 9.17) is 21.1 Å². The molecule has 0 saturated carbocycles. The maximum absolute atomic E-state index is 13.8. The zero-order valence-electron chi connectivity index (χ0n) is 19.5. The van der Waals surface area contributed by atoms with Crippen molar-refractivity contribution >= 4 is 27.5 Å². The highest BCUT2D eigenvalue weighted by Crippen LogP contribution is 2.42. The van der Waals surface area contributed by atoms with Crippen molar-refractivity contribution in [3.63, 3.8) is 0 Å². The molecule has 6 nitrogen and oxygen atoms in total. The molecule has 3 rings (SSSR count). The molecule has 0 atom stereocenters. The summed E-state index contributed by atoms with van der Waals surface area (Å²) in [5, 5.41) is -0.204. The molecule has 0 aromatic heterocycles. The van der Waals surface area contributed by atoms with Crippen molar-refractivity contribution in [1.29, 1.82) is 0 Å². The highest BCUT2D eigenvalue weighted by atomic mass is 35.5. The molecule has 1 saturated heterocycles. The third-order valence-electron chi connectivity index (χ3n) is 5.35. The number of likely N-dealkylation sites (tertiary alicyclic amines) is 1. The number of benzene rings is 2. The second-order valence-electron chi connectivity index (χ2n) is 9.20. The number of hydrogen-bond acceptors (Lipinski definition) is 5. The van der Waals surface area contributed by atoms with Crippen LogP contribution in [0.3, 0.4) is 0 Å². The first-order chi connectivity index (χ1) is 16.2. The van der Waals surface area contributed by atoms with Crippen LogP contribution in [0.2, 0.25) is 5.02 Å². The van der Waals surface area contributed by atoms with Crippen molar-refractivity contribution in [2.24, 2.45) is 5.92 Å². The zero-order valence-corrected chi connectivity index (χ0v) is 21.1. The average Bonchev–Trinajstić information content (AvgIpc) is 2.76. The van der Waals surface area contributed by atoms with Crippen LogP contribution in [0.5, 0.6) is 5.75 Å². The van der Waals surface area contributed by atoms with Crippen molar-refractivity contribution in [3.8, 4) is 5.75 Å². The molecule has 1 radical (unpaired) electrons. The van der Waals surface area contributed by atoms with Crippen LogP contribution in [-0.2, 0) is 20.8 Å². The minimum atomic E-state index is -4.95. The minimum Gasteiger partial charge on any atom is -0.491 e. The molecule has 2 aromatic carbocycles. The summed E-state index contributed by atoms with van der Waals surface area (Å²) in [4.78, 5) is 12.3. The van der Waals surface area contributed by atoms with Gasteiger partial charge in [-0.25, -0.2) is 13.2 Å². The number of carbonyl (C=O) groups is 1. The van der Waals surface area contributed by atoms with Gasteiger partial charge in [0.2, 0.25) is 9.84 Å². The zero-order chi connectivity index (χ0) is 26.0. The highest BCUT2D eigenvalue weighted by Gasteiger charge is 2.40. The Kier molecular flexibility index (Phi) is 7.96. The molecule has 191 valence electrons. The maximum atomic E-state index is 13.8. The van der Waals surface area contributed by atoms with E-state index in [0.29, 0.717) is 32.0 Å². The fraction of sp³-hybridized carbons (Fsp3) is 0.458. The quantitative estimate of drug-likeness (QED) is 0.471. The number of nitrogens with zero attached hydrogens (tertiary/aromatic N) is 1. The summed E-state index contributed by atoms with van der Waals surface area (Å²) in [5.41, 5.74) is -1.98. The molecule has 11 heteroatoms. The number of piperidine rings is 1. The van der Waals surface area contributed by atoms with Gasteiger partial charge in [-0.1, -0.05) is 23.7 Å². The summed E-state index contributed by atoms with van der Waals surface area (Å²) in [5.74, 6) is -0.623. The van der Waals surface area contributed by atoms with Gasteiger partial charge in [0.05, 0.1) is 22.1 Å². The predicted molar refractivity (Wildman–Crippen MR) is 123 cm³/mol. The second kappa shape index (κ2) is 10.3. The molecule has 0 unspecified atom stereocenters. The molecule has 35 heavy (non-hydrogen) atoms. The third-order valence-corrected chi connectivity index (χ3v) is 7.66. The van der Waals surface area contributed by atoms with Crippen LogP contribution >= 0.6 is 11.6 Å². The Bertz CT molecular complexity index is 1170. The molecule has 0 aliphatic carbocycles. The topological polar surface area (TPSA) is 72.9 Å². The van der Waals surface area contributed by atoms with Crippen molar-refractivity contribution in [2.75, 3.05) is 19.7 Å². The molecule has 1 amide bonds. The number of alkyl halides is 3. The SMILES string of the molecule is CC(C)(C)OC(=O)N1CCC(COc2[c]ccc(C(F)(F)F)c2S(=O)(=O)c2ccccc2Cl)CC1. The Morgan fingerprint density at radius 2 is 1.77 bits per heavy atom. The Labute approximate surface area is 207 Å². The van der Waals surface area contributed by atoms with Crippen LogP contribution in [0.1, 0.15) is 39.2 Å². The maximum Gasteiger partial charge on any atom is 0.417 e. The van der Waals surface area contributed by atoms with E-state index < -0.39 is 48.8 Å². The van der Waals surface area contributed by atoms with Crippen LogP contribution in [-0.4, -0.2) is 44.7 Å². The second-order valence-corrected chi connectivity index (χ2v) is 11.5. The lowest BCUT2D eigenvalue weighted by molar-refractivity contribution is -0.140. The number of carbonyl (C=O) groups excluding carboxylic acids is 1. The summed E-state index contributed by atoms with van der Waals surface area (Å²) in [7, 11) is -4.68. The molecule has 0 spiro atoms. The van der Waals surface area contributed by atoms with E-state index in [2.05, 4.69) is 6.07 Å². The smallest absolute Gasteiger partial charge is 0.417 e. The standard InChI is InChI=1S/C24H26ClF3NO5S/c1-23(2,3)34-22(30)29-13-11-16(12-14-29)15-33-19-9-6-7-17(24(26,27)28)21(19)35(31,32)20-10-5-4-8-18(20)25/h4-8,10,16H,11-15H2,1-3H3. The average molecular weight is 533 g/mol. The normalized spacial score (nSPS) is 15.7. The number of amides is 1. The summed E-state index contributed by atoms with van der Waals surface area (Å²) in [6.07, 6.45) is -4.35. The van der Waals surface area contributed by atoms with E-state index >= 15 is 0 Å². The first-order valence-corrected chi connectivity index (χ1v) is 12.8. The van der Waals surface area contributed by atoms with Gasteiger partial charge in [-0.2, -0.15) is 13.2 Å². The van der Waals surface area contributed by atoms with Gasteiger partial charge in [-0.3, -0.25) is 0 Å². The Morgan fingerprint density at radius 1 is 1.14 bits per heavy atom. The molecule has 1 heterocycles. The van der Waals surface area contributed by atoms with Crippen molar-refractivity contribution in [3.05, 3.63) is 53.1 Å². The van der Waals surface area contributed by atoms with Gasteiger partial charge in [-0.05, 0) is 63.8 Å². The fourth-order valence-electron chi connectivity index (χ4n) is 3.64. The molecule has 0 N–H and O–H groups in total. The molecule has 1 aliphatic rings. The number of ether oxygens (including phenoxy) is 2. The first-order valence-electron chi connectivity index (χ1n) is 10.9. The van der Waals surface area contributed by atoms with Gasteiger partial charge in [0.15, 0.2) is 0 Å². The molecule has 1 aliphatic heterocycles. The van der Waals surface area contributed by atoms with Gasteiger partial charge < -0.3 is 14.4 Å². The summed E-state index contributed by atoms with van der Waals surface area (Å²) in [6, 6.07) is 9.41. The molecule has 0 bridgehead atoms. The number of sulfone groups is 1. The largest absolute Gasteiger partial charge is 0.491 e. The number of rotatable bonds is 5. The lowest BCUT2D eigenvalue weighted by atomic mass is 9.98. The fourth-order valence-corrected chi connectivity index (χ4v) is 5.72. The molecular formula is C24H26ClF3NO5S. The van der Waals surface area contributed by atoms with Gasteiger partial charge >= 0.3 is 12.3 Å². The molecular weight excluding hydrogens is 507 g/mol. The van der Waals surface area contributed by atoms with E-state index in [0.717, 1.165) is 12.1 Å². The van der Waals surface area contributed by atoms with Gasteiger partial charge in [0, 0.05) is 19.2 Å². The summed E-state index contributed by atoms with van der Waals surface area (Å²) in [6.45, 7) is 6.05. The van der Waals surface area contributed by atoms with E-state index in [1.54, 1.807) is 25.7 Å². The van der Waals surface area contributed by atoms with E-state index in [9.17, 15) is 26.4 Å². The van der Waals surface area contributed by atoms with E-state index in [-0.39, 0.29) is 17.5 Å². The minimum absolute atomic E-state index is 0.0367. The Hall–Kier alpha value is -2.46. The lowest BCUT2D eigenvalue weighted by Gasteiger charge is -2.33. The predicted octanol–water partition coefficient (Wildman–Crippen LogP) is 6.02. The Balaban J connectivity index is 1.82.